The van der Waals surface area contributed by atoms with Gasteiger partial charge in [0.1, 0.15) is 0 Å². The minimum Gasteiger partial charge on any atom is -0.355 e. The van der Waals surface area contributed by atoms with E-state index in [1.54, 1.807) is 0 Å². The molecule has 0 spiro atoms. The second-order valence-corrected chi connectivity index (χ2v) is 16.9. The summed E-state index contributed by atoms with van der Waals surface area (Å²) in [5.41, 5.74) is 15.8. The molecular weight excluding hydrogens is 657 g/mol. The van der Waals surface area contributed by atoms with Crippen molar-refractivity contribution in [3.8, 4) is 5.69 Å². The van der Waals surface area contributed by atoms with E-state index in [9.17, 15) is 0 Å². The van der Waals surface area contributed by atoms with Crippen LogP contribution in [-0.2, 0) is 18.3 Å². The van der Waals surface area contributed by atoms with Crippen LogP contribution in [0.15, 0.2) is 127 Å². The number of aromatic nitrogens is 2. The summed E-state index contributed by atoms with van der Waals surface area (Å²) in [4.78, 5) is 0. The molecule has 3 aromatic carbocycles. The average molecular weight is 703 g/mol. The van der Waals surface area contributed by atoms with Gasteiger partial charge >= 0.3 is 0 Å². The molecule has 54 heavy (non-hydrogen) atoms. The lowest BCUT2D eigenvalue weighted by atomic mass is 9.74. The highest BCUT2D eigenvalue weighted by molar-refractivity contribution is 5.98. The van der Waals surface area contributed by atoms with Gasteiger partial charge in [0, 0.05) is 67.3 Å². The van der Waals surface area contributed by atoms with Crippen molar-refractivity contribution >= 4 is 40.8 Å². The third-order valence-electron chi connectivity index (χ3n) is 13.2. The Hall–Kier alpha value is -5.58. The molecule has 11 rings (SSSR count). The SMILES string of the molecule is CC1C=Cc2c(n(-c3ccccc3)c3cccc(C4NC(n5c6c(c7c5=CC5=CC=CCC5(C)C=7)C=CC=CC6)NC5=C4c4ccccc4C5(C)C)c23)C1. The summed E-state index contributed by atoms with van der Waals surface area (Å²) in [5, 5.41) is 12.5. The van der Waals surface area contributed by atoms with Gasteiger partial charge in [-0.1, -0.05) is 143 Å². The van der Waals surface area contributed by atoms with E-state index in [0.717, 1.165) is 19.3 Å². The Morgan fingerprint density at radius 1 is 0.815 bits per heavy atom. The number of benzene rings is 3. The maximum atomic E-state index is 4.33. The van der Waals surface area contributed by atoms with Gasteiger partial charge in [-0.2, -0.15) is 0 Å². The lowest BCUT2D eigenvalue weighted by Gasteiger charge is -2.40. The lowest BCUT2D eigenvalue weighted by molar-refractivity contribution is 0.297. The fraction of sp³-hybridized carbons (Fsp3) is 0.240. The molecule has 0 radical (unpaired) electrons. The first-order valence-corrected chi connectivity index (χ1v) is 19.8. The Labute approximate surface area is 317 Å². The molecule has 0 saturated heterocycles. The fourth-order valence-electron chi connectivity index (χ4n) is 10.5. The summed E-state index contributed by atoms with van der Waals surface area (Å²) in [6, 6.07) is 27.0. The first kappa shape index (κ1) is 31.9. The summed E-state index contributed by atoms with van der Waals surface area (Å²) in [6.45, 7) is 9.54. The van der Waals surface area contributed by atoms with Crippen molar-refractivity contribution < 1.29 is 0 Å². The Morgan fingerprint density at radius 3 is 2.56 bits per heavy atom. The maximum absolute atomic E-state index is 4.33. The fourth-order valence-corrected chi connectivity index (χ4v) is 10.5. The van der Waals surface area contributed by atoms with Gasteiger partial charge in [0.05, 0.1) is 16.9 Å². The zero-order valence-electron chi connectivity index (χ0n) is 31.5. The van der Waals surface area contributed by atoms with E-state index in [1.807, 2.05) is 0 Å². The molecule has 5 aromatic rings. The van der Waals surface area contributed by atoms with Crippen LogP contribution < -0.4 is 21.2 Å². The second-order valence-electron chi connectivity index (χ2n) is 16.9. The zero-order valence-corrected chi connectivity index (χ0v) is 31.5. The summed E-state index contributed by atoms with van der Waals surface area (Å²) in [6.07, 6.45) is 28.5. The smallest absolute Gasteiger partial charge is 0.160 e. The Bertz CT molecular complexity index is 2750. The highest BCUT2D eigenvalue weighted by Gasteiger charge is 2.46. The van der Waals surface area contributed by atoms with Gasteiger partial charge in [0.25, 0.3) is 0 Å². The lowest BCUT2D eigenvalue weighted by Crippen LogP contribution is -2.51. The number of nitrogens with zero attached hydrogens (tertiary/aromatic N) is 2. The number of nitrogens with one attached hydrogen (secondary N) is 2. The van der Waals surface area contributed by atoms with Crippen molar-refractivity contribution in [2.45, 2.75) is 64.7 Å². The number of hydrogen-bond donors (Lipinski definition) is 2. The van der Waals surface area contributed by atoms with E-state index in [0.29, 0.717) is 5.92 Å². The van der Waals surface area contributed by atoms with Crippen LogP contribution in [0.2, 0.25) is 0 Å². The van der Waals surface area contributed by atoms with Crippen molar-refractivity contribution in [3.05, 3.63) is 176 Å². The second kappa shape index (κ2) is 11.5. The highest BCUT2D eigenvalue weighted by atomic mass is 15.4. The van der Waals surface area contributed by atoms with Crippen LogP contribution in [0, 0.1) is 11.3 Å². The molecule has 4 nitrogen and oxygen atoms in total. The number of fused-ring (bicyclic) bond motifs is 9. The predicted octanol–water partition coefficient (Wildman–Crippen LogP) is 9.32. The number of hydrogen-bond acceptors (Lipinski definition) is 2. The van der Waals surface area contributed by atoms with Crippen molar-refractivity contribution in [2.24, 2.45) is 11.3 Å². The van der Waals surface area contributed by atoms with Gasteiger partial charge in [-0.25, -0.2) is 0 Å². The van der Waals surface area contributed by atoms with Crippen LogP contribution in [-0.4, -0.2) is 9.13 Å². The predicted molar refractivity (Wildman–Crippen MR) is 224 cm³/mol. The van der Waals surface area contributed by atoms with Gasteiger partial charge in [-0.3, -0.25) is 5.32 Å². The summed E-state index contributed by atoms with van der Waals surface area (Å²) >= 11 is 0. The molecule has 0 bridgehead atoms. The minimum absolute atomic E-state index is 0.0122. The standard InChI is InChI=1S/C50H46N4/c1-31-25-26-36-42(28-31)53(33-17-7-5-8-18-33)41-24-15-21-37(44(36)41)46-45-35-20-11-12-22-39(35)49(2,3)47(45)52-48(51-46)54-40-23-10-6-9-19-34(40)38-30-50(4)27-14-13-16-32(50)29-43(38)54/h5-22,24-26,29-31,46,48,51-52H,23,27-28H2,1-4H3. The van der Waals surface area contributed by atoms with Crippen LogP contribution in [0.3, 0.4) is 0 Å². The van der Waals surface area contributed by atoms with E-state index < -0.39 is 0 Å². The molecule has 6 aliphatic rings. The van der Waals surface area contributed by atoms with Crippen LogP contribution in [0.4, 0.5) is 0 Å². The van der Waals surface area contributed by atoms with Crippen LogP contribution >= 0.6 is 0 Å². The molecule has 4 atom stereocenters. The van der Waals surface area contributed by atoms with Crippen LogP contribution in [0.1, 0.15) is 85.7 Å². The molecule has 2 N–H and O–H groups in total. The van der Waals surface area contributed by atoms with E-state index in [1.165, 1.54) is 83.2 Å². The van der Waals surface area contributed by atoms with Gasteiger partial charge < -0.3 is 14.5 Å². The molecule has 1 aliphatic heterocycles. The number of para-hydroxylation sites is 1. The Morgan fingerprint density at radius 2 is 1.67 bits per heavy atom. The van der Waals surface area contributed by atoms with Gasteiger partial charge in [-0.15, -0.1) is 0 Å². The third kappa shape index (κ3) is 4.41. The maximum Gasteiger partial charge on any atom is 0.160 e. The third-order valence-corrected chi connectivity index (χ3v) is 13.2. The summed E-state index contributed by atoms with van der Waals surface area (Å²) in [7, 11) is 0. The topological polar surface area (TPSA) is 33.9 Å². The molecule has 2 aromatic heterocycles. The first-order chi connectivity index (χ1) is 26.3. The Balaban J connectivity index is 1.19. The molecule has 4 unspecified atom stereocenters. The van der Waals surface area contributed by atoms with E-state index in [2.05, 4.69) is 187 Å². The molecule has 3 heterocycles. The first-order valence-electron chi connectivity index (χ1n) is 19.8. The van der Waals surface area contributed by atoms with Crippen LogP contribution in [0.5, 0.6) is 0 Å². The minimum atomic E-state index is -0.196. The molecule has 5 aliphatic carbocycles. The molecular formula is C50H46N4. The number of rotatable bonds is 3. The average Bonchev–Trinajstić information content (AvgIpc) is 3.65. The highest BCUT2D eigenvalue weighted by Crippen LogP contribution is 2.53. The van der Waals surface area contributed by atoms with Gasteiger partial charge in [0.2, 0.25) is 0 Å². The van der Waals surface area contributed by atoms with Gasteiger partial charge in [0.15, 0.2) is 6.29 Å². The number of allylic oxidation sites excluding steroid dienone is 9. The summed E-state index contributed by atoms with van der Waals surface area (Å²) < 4.78 is 5.13. The molecule has 0 amide bonds. The largest absolute Gasteiger partial charge is 0.355 e. The van der Waals surface area contributed by atoms with Crippen molar-refractivity contribution in [1.82, 2.24) is 19.8 Å². The van der Waals surface area contributed by atoms with E-state index >= 15 is 0 Å². The molecule has 266 valence electrons. The van der Waals surface area contributed by atoms with Gasteiger partial charge in [-0.05, 0) is 65.3 Å². The quantitative estimate of drug-likeness (QED) is 0.197. The zero-order chi connectivity index (χ0) is 36.3. The summed E-state index contributed by atoms with van der Waals surface area (Å²) in [5.74, 6) is 0.480. The molecule has 4 heteroatoms. The van der Waals surface area contributed by atoms with Crippen molar-refractivity contribution in [1.29, 1.82) is 0 Å². The van der Waals surface area contributed by atoms with E-state index in [-0.39, 0.29) is 23.2 Å². The normalized spacial score (nSPS) is 25.3. The van der Waals surface area contributed by atoms with E-state index in [4.69, 9.17) is 0 Å². The molecule has 0 saturated carbocycles. The molecule has 0 fully saturated rings. The van der Waals surface area contributed by atoms with Crippen molar-refractivity contribution in [2.75, 3.05) is 0 Å². The monoisotopic (exact) mass is 702 g/mol. The van der Waals surface area contributed by atoms with Crippen LogP contribution in [0.25, 0.3) is 46.5 Å². The Kier molecular flexibility index (Phi) is 6.77. The van der Waals surface area contributed by atoms with Crippen molar-refractivity contribution in [3.63, 3.8) is 0 Å².